The van der Waals surface area contributed by atoms with Crippen molar-refractivity contribution in [3.63, 3.8) is 0 Å². The number of ether oxygens (including phenoxy) is 2. The lowest BCUT2D eigenvalue weighted by atomic mass is 10.2. The van der Waals surface area contributed by atoms with Gasteiger partial charge in [0.25, 0.3) is 0 Å². The second kappa shape index (κ2) is 11.8. The lowest BCUT2D eigenvalue weighted by molar-refractivity contribution is -0.143. The summed E-state index contributed by atoms with van der Waals surface area (Å²) in [5, 5.41) is 18.7. The van der Waals surface area contributed by atoms with Gasteiger partial charge in [-0.15, -0.1) is 5.10 Å². The molecule has 1 atom stereocenters. The number of hydrogen-bond acceptors (Lipinski definition) is 8. The van der Waals surface area contributed by atoms with E-state index < -0.39 is 11.2 Å². The van der Waals surface area contributed by atoms with Crippen LogP contribution in [0.25, 0.3) is 0 Å². The summed E-state index contributed by atoms with van der Waals surface area (Å²) in [5.41, 5.74) is 0.759. The Morgan fingerprint density at radius 3 is 2.93 bits per heavy atom. The number of hydrogen-bond donors (Lipinski definition) is 2. The highest BCUT2D eigenvalue weighted by molar-refractivity contribution is 8.15. The first-order valence-corrected chi connectivity index (χ1v) is 10.0. The van der Waals surface area contributed by atoms with Crippen LogP contribution in [0.1, 0.15) is 38.2 Å². The Labute approximate surface area is 172 Å². The molecule has 0 saturated carbocycles. The van der Waals surface area contributed by atoms with Crippen molar-refractivity contribution < 1.29 is 29.0 Å². The van der Waals surface area contributed by atoms with Crippen molar-refractivity contribution in [1.29, 1.82) is 0 Å². The van der Waals surface area contributed by atoms with Crippen LogP contribution in [0.2, 0.25) is 0 Å². The minimum atomic E-state index is -1.04. The molecular weight excluding hydrogens is 398 g/mol. The predicted octanol–water partition coefficient (Wildman–Crippen LogP) is 2.20. The predicted molar refractivity (Wildman–Crippen MR) is 109 cm³/mol. The van der Waals surface area contributed by atoms with Gasteiger partial charge >= 0.3 is 11.9 Å². The highest BCUT2D eigenvalue weighted by Gasteiger charge is 2.32. The molecule has 1 aliphatic heterocycles. The number of carbonyl (C=O) groups excluding carboxylic acids is 2. The van der Waals surface area contributed by atoms with Crippen LogP contribution in [0.15, 0.2) is 34.5 Å². The first-order valence-electron chi connectivity index (χ1n) is 9.16. The van der Waals surface area contributed by atoms with Crippen molar-refractivity contribution in [2.75, 3.05) is 13.2 Å². The van der Waals surface area contributed by atoms with Gasteiger partial charge in [0.05, 0.1) is 25.8 Å². The van der Waals surface area contributed by atoms with Crippen LogP contribution in [0.4, 0.5) is 0 Å². The van der Waals surface area contributed by atoms with Gasteiger partial charge in [0.2, 0.25) is 5.91 Å². The third kappa shape index (κ3) is 8.34. The van der Waals surface area contributed by atoms with E-state index in [9.17, 15) is 14.4 Å². The number of aliphatic carboxylic acids is 1. The van der Waals surface area contributed by atoms with Crippen molar-refractivity contribution in [2.45, 2.75) is 37.9 Å². The SMILES string of the molecule is CCOC(=O)CCCCOc1cccc(C=NN=C2NC(=O)C(CC(=O)O)S2)c1. The molecule has 0 aliphatic carbocycles. The van der Waals surface area contributed by atoms with Gasteiger partial charge in [-0.2, -0.15) is 5.10 Å². The van der Waals surface area contributed by atoms with E-state index in [0.717, 1.165) is 23.7 Å². The monoisotopic (exact) mass is 421 g/mol. The van der Waals surface area contributed by atoms with Gasteiger partial charge in [-0.05, 0) is 37.5 Å². The fourth-order valence-corrected chi connectivity index (χ4v) is 3.29. The molecule has 1 fully saturated rings. The van der Waals surface area contributed by atoms with Crippen LogP contribution in [0.3, 0.4) is 0 Å². The van der Waals surface area contributed by atoms with Crippen LogP contribution in [-0.2, 0) is 19.1 Å². The highest BCUT2D eigenvalue weighted by Crippen LogP contribution is 2.22. The molecule has 1 heterocycles. The summed E-state index contributed by atoms with van der Waals surface area (Å²) in [4.78, 5) is 33.6. The average molecular weight is 421 g/mol. The summed E-state index contributed by atoms with van der Waals surface area (Å²) in [6.07, 6.45) is 3.06. The third-order valence-corrected chi connectivity index (χ3v) is 4.77. The number of carboxylic acids is 1. The van der Waals surface area contributed by atoms with Crippen molar-refractivity contribution in [2.24, 2.45) is 10.2 Å². The molecule has 1 aromatic carbocycles. The van der Waals surface area contributed by atoms with Gasteiger partial charge in [-0.25, -0.2) is 0 Å². The number of amides is 1. The number of nitrogens with one attached hydrogen (secondary N) is 1. The Hall–Kier alpha value is -2.88. The molecule has 156 valence electrons. The van der Waals surface area contributed by atoms with E-state index in [1.807, 2.05) is 18.2 Å². The maximum atomic E-state index is 11.6. The topological polar surface area (TPSA) is 127 Å². The van der Waals surface area contributed by atoms with Gasteiger partial charge in [-0.3, -0.25) is 14.4 Å². The van der Waals surface area contributed by atoms with Gasteiger partial charge in [0, 0.05) is 6.42 Å². The minimum absolute atomic E-state index is 0.196. The number of nitrogens with zero attached hydrogens (tertiary/aromatic N) is 2. The molecular formula is C19H23N3O6S. The molecule has 1 saturated heterocycles. The molecule has 0 aromatic heterocycles. The van der Waals surface area contributed by atoms with E-state index in [0.29, 0.717) is 31.8 Å². The fourth-order valence-electron chi connectivity index (χ4n) is 2.37. The van der Waals surface area contributed by atoms with Crippen LogP contribution in [-0.4, -0.2) is 52.8 Å². The molecule has 10 heteroatoms. The quantitative estimate of drug-likeness (QED) is 0.243. The second-order valence-electron chi connectivity index (χ2n) is 6.03. The normalized spacial score (nSPS) is 17.5. The molecule has 1 amide bonds. The molecule has 0 bridgehead atoms. The van der Waals surface area contributed by atoms with Crippen LogP contribution < -0.4 is 10.1 Å². The summed E-state index contributed by atoms with van der Waals surface area (Å²) in [7, 11) is 0. The molecule has 0 spiro atoms. The summed E-state index contributed by atoms with van der Waals surface area (Å²) >= 11 is 1.04. The number of thioether (sulfide) groups is 1. The van der Waals surface area contributed by atoms with Crippen molar-refractivity contribution in [3.8, 4) is 5.75 Å². The van der Waals surface area contributed by atoms with E-state index in [1.54, 1.807) is 13.0 Å². The van der Waals surface area contributed by atoms with Gasteiger partial charge < -0.3 is 19.9 Å². The zero-order chi connectivity index (χ0) is 21.1. The average Bonchev–Trinajstić information content (AvgIpc) is 3.00. The lowest BCUT2D eigenvalue weighted by Crippen LogP contribution is -2.26. The summed E-state index contributed by atoms with van der Waals surface area (Å²) in [6.45, 7) is 2.65. The number of benzene rings is 1. The standard InChI is InChI=1S/C19H23N3O6S/c1-2-27-17(25)8-3-4-9-28-14-7-5-6-13(10-14)12-20-22-19-21-18(26)15(29-19)11-16(23)24/h5-7,10,12,15H,2-4,8-9,11H2,1H3,(H,23,24)(H,21,22,26). The molecule has 2 N–H and O–H groups in total. The molecule has 1 aromatic rings. The van der Waals surface area contributed by atoms with Gasteiger partial charge in [-0.1, -0.05) is 23.9 Å². The Bertz CT molecular complexity index is 796. The zero-order valence-corrected chi connectivity index (χ0v) is 16.8. The molecule has 1 unspecified atom stereocenters. The second-order valence-corrected chi connectivity index (χ2v) is 7.22. The van der Waals surface area contributed by atoms with Crippen LogP contribution in [0, 0.1) is 0 Å². The highest BCUT2D eigenvalue weighted by atomic mass is 32.2. The number of unbranched alkanes of at least 4 members (excludes halogenated alkanes) is 1. The molecule has 9 nitrogen and oxygen atoms in total. The molecule has 29 heavy (non-hydrogen) atoms. The number of carbonyl (C=O) groups is 3. The summed E-state index contributed by atoms with van der Waals surface area (Å²) in [6, 6.07) is 7.25. The largest absolute Gasteiger partial charge is 0.494 e. The Kier molecular flexibility index (Phi) is 9.16. The number of esters is 1. The van der Waals surface area contributed by atoms with Gasteiger partial charge in [0.15, 0.2) is 5.17 Å². The fraction of sp³-hybridized carbons (Fsp3) is 0.421. The minimum Gasteiger partial charge on any atom is -0.494 e. The molecule has 1 aliphatic rings. The maximum Gasteiger partial charge on any atom is 0.305 e. The zero-order valence-electron chi connectivity index (χ0n) is 16.0. The smallest absolute Gasteiger partial charge is 0.305 e. The van der Waals surface area contributed by atoms with E-state index in [1.165, 1.54) is 6.21 Å². The van der Waals surface area contributed by atoms with E-state index in [2.05, 4.69) is 15.5 Å². The van der Waals surface area contributed by atoms with Crippen molar-refractivity contribution in [3.05, 3.63) is 29.8 Å². The van der Waals surface area contributed by atoms with Crippen molar-refractivity contribution in [1.82, 2.24) is 5.32 Å². The van der Waals surface area contributed by atoms with E-state index in [4.69, 9.17) is 14.6 Å². The first kappa shape index (κ1) is 22.4. The maximum absolute atomic E-state index is 11.6. The Morgan fingerprint density at radius 2 is 2.17 bits per heavy atom. The summed E-state index contributed by atoms with van der Waals surface area (Å²) in [5.74, 6) is -0.953. The Morgan fingerprint density at radius 1 is 1.34 bits per heavy atom. The summed E-state index contributed by atoms with van der Waals surface area (Å²) < 4.78 is 10.5. The Balaban J connectivity index is 1.78. The molecule has 0 radical (unpaired) electrons. The third-order valence-electron chi connectivity index (χ3n) is 3.70. The number of rotatable bonds is 11. The number of amidine groups is 1. The van der Waals surface area contributed by atoms with Crippen molar-refractivity contribution >= 4 is 41.0 Å². The van der Waals surface area contributed by atoms with E-state index >= 15 is 0 Å². The van der Waals surface area contributed by atoms with Crippen LogP contribution in [0.5, 0.6) is 5.75 Å². The first-order chi connectivity index (χ1) is 14.0. The van der Waals surface area contributed by atoms with Gasteiger partial charge in [0.1, 0.15) is 11.0 Å². The van der Waals surface area contributed by atoms with Crippen LogP contribution >= 0.6 is 11.8 Å². The number of carboxylic acid groups (broad SMARTS) is 1. The molecule has 2 rings (SSSR count). The van der Waals surface area contributed by atoms with E-state index in [-0.39, 0.29) is 23.5 Å². The lowest BCUT2D eigenvalue weighted by Gasteiger charge is -2.06.